The molecule has 1 N–H and O–H groups in total. The van der Waals surface area contributed by atoms with E-state index in [1.54, 1.807) is 0 Å². The van der Waals surface area contributed by atoms with Gasteiger partial charge in [0.05, 0.1) is 6.54 Å². The van der Waals surface area contributed by atoms with Gasteiger partial charge in [-0.25, -0.2) is 4.39 Å². The van der Waals surface area contributed by atoms with Crippen LogP contribution in [0.1, 0.15) is 18.7 Å². The summed E-state index contributed by atoms with van der Waals surface area (Å²) in [5.41, 5.74) is -2.06. The lowest BCUT2D eigenvalue weighted by Gasteiger charge is -2.09. The molecule has 0 aromatic carbocycles. The van der Waals surface area contributed by atoms with E-state index >= 15 is 0 Å². The summed E-state index contributed by atoms with van der Waals surface area (Å²) in [7, 11) is 0. The monoisotopic (exact) mass is 262 g/mol. The van der Waals surface area contributed by atoms with Gasteiger partial charge in [-0.05, 0) is 12.8 Å². The molecule has 8 heteroatoms. The Morgan fingerprint density at radius 1 is 1.53 bits per heavy atom. The van der Waals surface area contributed by atoms with Crippen LogP contribution in [0.25, 0.3) is 0 Å². The quantitative estimate of drug-likeness (QED) is 0.814. The van der Waals surface area contributed by atoms with E-state index in [2.05, 4.69) is 15.5 Å². The SMILES string of the molecule is O=C(NCc1nnc(N2CCCC2)o1)C(F)Cl. The molecule has 2 heterocycles. The van der Waals surface area contributed by atoms with Crippen molar-refractivity contribution in [2.24, 2.45) is 0 Å². The Labute approximate surface area is 102 Å². The number of halogens is 2. The van der Waals surface area contributed by atoms with Crippen LogP contribution in [0.3, 0.4) is 0 Å². The van der Waals surface area contributed by atoms with Crippen molar-refractivity contribution in [3.8, 4) is 0 Å². The molecule has 1 aromatic rings. The number of hydrogen-bond donors (Lipinski definition) is 1. The fourth-order valence-corrected chi connectivity index (χ4v) is 1.67. The summed E-state index contributed by atoms with van der Waals surface area (Å²) < 4.78 is 17.6. The molecule has 1 unspecified atom stereocenters. The van der Waals surface area contributed by atoms with Crippen LogP contribution in [0, 0.1) is 0 Å². The third-order valence-electron chi connectivity index (χ3n) is 2.44. The summed E-state index contributed by atoms with van der Waals surface area (Å²) >= 11 is 4.95. The largest absolute Gasteiger partial charge is 0.406 e. The van der Waals surface area contributed by atoms with Gasteiger partial charge in [0.1, 0.15) is 0 Å². The number of hydrogen-bond acceptors (Lipinski definition) is 5. The highest BCUT2D eigenvalue weighted by Crippen LogP contribution is 2.17. The minimum atomic E-state index is -2.06. The summed E-state index contributed by atoms with van der Waals surface area (Å²) in [6, 6.07) is 0.439. The minimum Gasteiger partial charge on any atom is -0.406 e. The normalized spacial score (nSPS) is 17.2. The van der Waals surface area contributed by atoms with Crippen LogP contribution in [-0.4, -0.2) is 34.8 Å². The van der Waals surface area contributed by atoms with Crippen LogP contribution in [0.2, 0.25) is 0 Å². The lowest BCUT2D eigenvalue weighted by atomic mass is 10.4. The van der Waals surface area contributed by atoms with E-state index in [9.17, 15) is 9.18 Å². The van der Waals surface area contributed by atoms with Crippen molar-refractivity contribution in [2.45, 2.75) is 25.0 Å². The molecule has 17 heavy (non-hydrogen) atoms. The molecule has 1 amide bonds. The van der Waals surface area contributed by atoms with E-state index < -0.39 is 11.5 Å². The smallest absolute Gasteiger partial charge is 0.318 e. The van der Waals surface area contributed by atoms with Gasteiger partial charge in [-0.1, -0.05) is 16.7 Å². The summed E-state index contributed by atoms with van der Waals surface area (Å²) in [5.74, 6) is -0.676. The average Bonchev–Trinajstić information content (AvgIpc) is 2.95. The molecule has 0 bridgehead atoms. The Kier molecular flexibility index (Phi) is 3.78. The summed E-state index contributed by atoms with van der Waals surface area (Å²) in [5, 5.41) is 9.85. The van der Waals surface area contributed by atoms with Gasteiger partial charge in [0.15, 0.2) is 0 Å². The molecule has 1 aromatic heterocycles. The van der Waals surface area contributed by atoms with Gasteiger partial charge in [-0.3, -0.25) is 4.79 Å². The third-order valence-corrected chi connectivity index (χ3v) is 2.64. The van der Waals surface area contributed by atoms with Gasteiger partial charge < -0.3 is 14.6 Å². The van der Waals surface area contributed by atoms with Crippen LogP contribution in [-0.2, 0) is 11.3 Å². The predicted molar refractivity (Wildman–Crippen MR) is 58.3 cm³/mol. The highest BCUT2D eigenvalue weighted by Gasteiger charge is 2.19. The van der Waals surface area contributed by atoms with E-state index in [0.29, 0.717) is 6.01 Å². The average molecular weight is 263 g/mol. The molecular weight excluding hydrogens is 251 g/mol. The maximum Gasteiger partial charge on any atom is 0.318 e. The second-order valence-corrected chi connectivity index (χ2v) is 4.07. The number of amides is 1. The first kappa shape index (κ1) is 12.1. The van der Waals surface area contributed by atoms with Crippen molar-refractivity contribution in [3.63, 3.8) is 0 Å². The number of nitrogens with one attached hydrogen (secondary N) is 1. The first-order valence-corrected chi connectivity index (χ1v) is 5.73. The Balaban J connectivity index is 1.87. The molecule has 0 radical (unpaired) electrons. The molecule has 1 fully saturated rings. The lowest BCUT2D eigenvalue weighted by Crippen LogP contribution is -2.28. The van der Waals surface area contributed by atoms with Crippen molar-refractivity contribution >= 4 is 23.5 Å². The van der Waals surface area contributed by atoms with Crippen LogP contribution >= 0.6 is 11.6 Å². The van der Waals surface area contributed by atoms with E-state index in [0.717, 1.165) is 25.9 Å². The van der Waals surface area contributed by atoms with Crippen molar-refractivity contribution in [2.75, 3.05) is 18.0 Å². The fourth-order valence-electron chi connectivity index (χ4n) is 1.59. The van der Waals surface area contributed by atoms with Crippen molar-refractivity contribution in [1.82, 2.24) is 15.5 Å². The van der Waals surface area contributed by atoms with E-state index in [1.807, 2.05) is 4.90 Å². The molecule has 1 atom stereocenters. The molecule has 2 rings (SSSR count). The van der Waals surface area contributed by atoms with Crippen LogP contribution < -0.4 is 10.2 Å². The van der Waals surface area contributed by atoms with Crippen molar-refractivity contribution in [1.29, 1.82) is 0 Å². The van der Waals surface area contributed by atoms with Crippen LogP contribution in [0.15, 0.2) is 4.42 Å². The summed E-state index contributed by atoms with van der Waals surface area (Å²) in [6.45, 7) is 1.76. The highest BCUT2D eigenvalue weighted by atomic mass is 35.5. The Bertz CT molecular complexity index is 392. The maximum atomic E-state index is 12.3. The number of nitrogens with zero attached hydrogens (tertiary/aromatic N) is 3. The zero-order valence-electron chi connectivity index (χ0n) is 9.03. The van der Waals surface area contributed by atoms with Crippen molar-refractivity contribution < 1.29 is 13.6 Å². The fraction of sp³-hybridized carbons (Fsp3) is 0.667. The topological polar surface area (TPSA) is 71.3 Å². The van der Waals surface area contributed by atoms with Gasteiger partial charge in [0, 0.05) is 13.1 Å². The van der Waals surface area contributed by atoms with Gasteiger partial charge >= 0.3 is 6.01 Å². The predicted octanol–water partition coefficient (Wildman–Crippen LogP) is 0.820. The minimum absolute atomic E-state index is 0.0210. The number of aromatic nitrogens is 2. The molecule has 1 aliphatic heterocycles. The van der Waals surface area contributed by atoms with Gasteiger partial charge in [0.2, 0.25) is 5.89 Å². The first-order valence-electron chi connectivity index (χ1n) is 5.30. The molecule has 1 saturated heterocycles. The number of carbonyl (C=O) groups excluding carboxylic acids is 1. The molecule has 0 saturated carbocycles. The Morgan fingerprint density at radius 3 is 2.88 bits per heavy atom. The molecule has 0 aliphatic carbocycles. The van der Waals surface area contributed by atoms with Gasteiger partial charge in [-0.2, -0.15) is 0 Å². The van der Waals surface area contributed by atoms with Gasteiger partial charge in [-0.15, -0.1) is 5.10 Å². The van der Waals surface area contributed by atoms with Crippen LogP contribution in [0.5, 0.6) is 0 Å². The third kappa shape index (κ3) is 3.06. The molecular formula is C9H12ClFN4O2. The van der Waals surface area contributed by atoms with E-state index in [1.165, 1.54) is 0 Å². The second kappa shape index (κ2) is 5.31. The highest BCUT2D eigenvalue weighted by molar-refractivity contribution is 6.29. The molecule has 1 aliphatic rings. The molecule has 6 nitrogen and oxygen atoms in total. The number of carbonyl (C=O) groups is 1. The van der Waals surface area contributed by atoms with E-state index in [4.69, 9.17) is 16.0 Å². The van der Waals surface area contributed by atoms with Gasteiger partial charge in [0.25, 0.3) is 11.5 Å². The van der Waals surface area contributed by atoms with Crippen molar-refractivity contribution in [3.05, 3.63) is 5.89 Å². The van der Waals surface area contributed by atoms with Crippen LogP contribution in [0.4, 0.5) is 10.4 Å². The summed E-state index contributed by atoms with van der Waals surface area (Å²) in [4.78, 5) is 12.8. The summed E-state index contributed by atoms with van der Waals surface area (Å²) in [6.07, 6.45) is 2.20. The standard InChI is InChI=1S/C9H12ClFN4O2/c10-7(11)8(16)12-5-6-13-14-9(17-6)15-3-1-2-4-15/h7H,1-5H2,(H,12,16). The number of alkyl halides is 2. The zero-order valence-corrected chi connectivity index (χ0v) is 9.78. The molecule has 0 spiro atoms. The molecule has 94 valence electrons. The lowest BCUT2D eigenvalue weighted by molar-refractivity contribution is -0.123. The zero-order chi connectivity index (χ0) is 12.3. The Hall–Kier alpha value is -1.37. The second-order valence-electron chi connectivity index (χ2n) is 3.69. The first-order chi connectivity index (χ1) is 8.16. The van der Waals surface area contributed by atoms with E-state index in [-0.39, 0.29) is 12.4 Å². The number of anilines is 1. The number of rotatable bonds is 4. The Morgan fingerprint density at radius 2 is 2.24 bits per heavy atom. The maximum absolute atomic E-state index is 12.3.